The van der Waals surface area contributed by atoms with Crippen LogP contribution >= 0.6 is 0 Å². The zero-order valence-electron chi connectivity index (χ0n) is 9.89. The minimum Gasteiger partial charge on any atom is -0.374 e. The van der Waals surface area contributed by atoms with E-state index in [1.54, 1.807) is 6.92 Å². The molecule has 0 spiro atoms. The molecule has 0 aliphatic carbocycles. The molecular weight excluding hydrogens is 218 g/mol. The van der Waals surface area contributed by atoms with Crippen molar-refractivity contribution in [1.29, 1.82) is 0 Å². The van der Waals surface area contributed by atoms with E-state index in [-0.39, 0.29) is 18.1 Å². The van der Waals surface area contributed by atoms with Gasteiger partial charge in [-0.25, -0.2) is 0 Å². The number of hydrogen-bond donors (Lipinski definition) is 1. The zero-order valence-corrected chi connectivity index (χ0v) is 9.89. The molecule has 1 aromatic carbocycles. The summed E-state index contributed by atoms with van der Waals surface area (Å²) in [6.45, 7) is 3.35. The third-order valence-corrected chi connectivity index (χ3v) is 2.69. The van der Waals surface area contributed by atoms with Gasteiger partial charge in [0.1, 0.15) is 6.10 Å². The first-order valence-corrected chi connectivity index (χ1v) is 5.80. The molecule has 1 aliphatic heterocycles. The fourth-order valence-electron chi connectivity index (χ4n) is 1.74. The molecule has 1 aromatic rings. The van der Waals surface area contributed by atoms with E-state index in [4.69, 9.17) is 9.47 Å². The lowest BCUT2D eigenvalue weighted by Gasteiger charge is -2.27. The maximum atomic E-state index is 11.2. The van der Waals surface area contributed by atoms with Crippen molar-refractivity contribution < 1.29 is 14.3 Å². The Morgan fingerprint density at radius 3 is 2.88 bits per heavy atom. The van der Waals surface area contributed by atoms with Crippen molar-refractivity contribution >= 4 is 5.91 Å². The summed E-state index contributed by atoms with van der Waals surface area (Å²) in [5.41, 5.74) is 1.14. The third kappa shape index (κ3) is 3.54. The summed E-state index contributed by atoms with van der Waals surface area (Å²) < 4.78 is 11.1. The van der Waals surface area contributed by atoms with E-state index >= 15 is 0 Å². The minimum atomic E-state index is -0.380. The number of hydrogen-bond acceptors (Lipinski definition) is 3. The van der Waals surface area contributed by atoms with Crippen LogP contribution in [0.15, 0.2) is 30.3 Å². The second kappa shape index (κ2) is 5.80. The zero-order chi connectivity index (χ0) is 12.1. The van der Waals surface area contributed by atoms with Crippen molar-refractivity contribution in [3.8, 4) is 0 Å². The molecule has 2 unspecified atom stereocenters. The van der Waals surface area contributed by atoms with Crippen LogP contribution in [0.2, 0.25) is 0 Å². The number of morpholine rings is 1. The van der Waals surface area contributed by atoms with Crippen molar-refractivity contribution in [3.63, 3.8) is 0 Å². The van der Waals surface area contributed by atoms with Crippen molar-refractivity contribution in [1.82, 2.24) is 5.32 Å². The number of benzene rings is 1. The standard InChI is InChI=1S/C13H17NO3/c1-10-13(15)14-7-12(17-10)9-16-8-11-5-3-2-4-6-11/h2-6,10,12H,7-9H2,1H3,(H,14,15). The summed E-state index contributed by atoms with van der Waals surface area (Å²) >= 11 is 0. The number of carbonyl (C=O) groups is 1. The fourth-order valence-corrected chi connectivity index (χ4v) is 1.74. The van der Waals surface area contributed by atoms with Crippen molar-refractivity contribution in [3.05, 3.63) is 35.9 Å². The number of carbonyl (C=O) groups excluding carboxylic acids is 1. The maximum absolute atomic E-state index is 11.2. The Morgan fingerprint density at radius 1 is 1.41 bits per heavy atom. The summed E-state index contributed by atoms with van der Waals surface area (Å²) in [7, 11) is 0. The van der Waals surface area contributed by atoms with Crippen molar-refractivity contribution in [2.75, 3.05) is 13.2 Å². The predicted molar refractivity (Wildman–Crippen MR) is 63.4 cm³/mol. The van der Waals surface area contributed by atoms with Crippen LogP contribution in [0, 0.1) is 0 Å². The van der Waals surface area contributed by atoms with Gasteiger partial charge in [-0.15, -0.1) is 0 Å². The van der Waals surface area contributed by atoms with E-state index in [0.29, 0.717) is 19.8 Å². The van der Waals surface area contributed by atoms with Crippen LogP contribution in [0.25, 0.3) is 0 Å². The van der Waals surface area contributed by atoms with E-state index < -0.39 is 0 Å². The molecule has 1 aliphatic rings. The van der Waals surface area contributed by atoms with Crippen LogP contribution in [0.3, 0.4) is 0 Å². The summed E-state index contributed by atoms with van der Waals surface area (Å²) in [5.74, 6) is -0.0516. The first kappa shape index (κ1) is 12.1. The average Bonchev–Trinajstić information content (AvgIpc) is 2.35. The first-order valence-electron chi connectivity index (χ1n) is 5.80. The van der Waals surface area contributed by atoms with Gasteiger partial charge in [0.2, 0.25) is 5.91 Å². The molecule has 1 fully saturated rings. The Hall–Kier alpha value is -1.39. The molecule has 0 saturated carbocycles. The van der Waals surface area contributed by atoms with Gasteiger partial charge in [-0.1, -0.05) is 30.3 Å². The highest BCUT2D eigenvalue weighted by atomic mass is 16.5. The van der Waals surface area contributed by atoms with Gasteiger partial charge < -0.3 is 14.8 Å². The Morgan fingerprint density at radius 2 is 2.18 bits per heavy atom. The van der Waals surface area contributed by atoms with Crippen LogP contribution in [0.4, 0.5) is 0 Å². The van der Waals surface area contributed by atoms with Crippen LogP contribution < -0.4 is 5.32 Å². The molecular formula is C13H17NO3. The molecule has 0 bridgehead atoms. The molecule has 92 valence electrons. The molecule has 1 heterocycles. The lowest BCUT2D eigenvalue weighted by Crippen LogP contribution is -2.49. The highest BCUT2D eigenvalue weighted by molar-refractivity contribution is 5.80. The van der Waals surface area contributed by atoms with Gasteiger partial charge in [-0.05, 0) is 12.5 Å². The second-order valence-corrected chi connectivity index (χ2v) is 4.15. The molecule has 1 amide bonds. The molecule has 0 radical (unpaired) electrons. The molecule has 17 heavy (non-hydrogen) atoms. The Labute approximate surface area is 101 Å². The van der Waals surface area contributed by atoms with Gasteiger partial charge in [-0.3, -0.25) is 4.79 Å². The van der Waals surface area contributed by atoms with Crippen molar-refractivity contribution in [2.45, 2.75) is 25.7 Å². The second-order valence-electron chi connectivity index (χ2n) is 4.15. The summed E-state index contributed by atoms with van der Waals surface area (Å²) in [4.78, 5) is 11.2. The van der Waals surface area contributed by atoms with E-state index in [9.17, 15) is 4.79 Å². The normalized spacial score (nSPS) is 24.4. The van der Waals surface area contributed by atoms with Gasteiger partial charge in [0.15, 0.2) is 0 Å². The Bertz CT molecular complexity index is 366. The van der Waals surface area contributed by atoms with Crippen LogP contribution in [0.5, 0.6) is 0 Å². The third-order valence-electron chi connectivity index (χ3n) is 2.69. The molecule has 4 nitrogen and oxygen atoms in total. The Balaban J connectivity index is 1.71. The number of amides is 1. The highest BCUT2D eigenvalue weighted by Crippen LogP contribution is 2.07. The van der Waals surface area contributed by atoms with Gasteiger partial charge in [0.25, 0.3) is 0 Å². The lowest BCUT2D eigenvalue weighted by molar-refractivity contribution is -0.146. The minimum absolute atomic E-state index is 0.0496. The van der Waals surface area contributed by atoms with Gasteiger partial charge in [-0.2, -0.15) is 0 Å². The predicted octanol–water partition coefficient (Wildman–Crippen LogP) is 1.11. The molecule has 1 N–H and O–H groups in total. The van der Waals surface area contributed by atoms with Crippen LogP contribution in [0.1, 0.15) is 12.5 Å². The lowest BCUT2D eigenvalue weighted by atomic mass is 10.2. The fraction of sp³-hybridized carbons (Fsp3) is 0.462. The van der Waals surface area contributed by atoms with Gasteiger partial charge >= 0.3 is 0 Å². The topological polar surface area (TPSA) is 47.6 Å². The summed E-state index contributed by atoms with van der Waals surface area (Å²) in [5, 5.41) is 2.79. The molecule has 1 saturated heterocycles. The summed E-state index contributed by atoms with van der Waals surface area (Å²) in [6.07, 6.45) is -0.430. The first-order chi connectivity index (χ1) is 8.25. The quantitative estimate of drug-likeness (QED) is 0.850. The van der Waals surface area contributed by atoms with E-state index in [1.807, 2.05) is 30.3 Å². The highest BCUT2D eigenvalue weighted by Gasteiger charge is 2.25. The number of rotatable bonds is 4. The SMILES string of the molecule is CC1OC(COCc2ccccc2)CNC1=O. The Kier molecular flexibility index (Phi) is 4.12. The molecule has 4 heteroatoms. The van der Waals surface area contributed by atoms with Crippen molar-refractivity contribution in [2.24, 2.45) is 0 Å². The molecule has 2 atom stereocenters. The van der Waals surface area contributed by atoms with E-state index in [1.165, 1.54) is 0 Å². The summed E-state index contributed by atoms with van der Waals surface area (Å²) in [6, 6.07) is 9.99. The number of ether oxygens (including phenoxy) is 2. The monoisotopic (exact) mass is 235 g/mol. The maximum Gasteiger partial charge on any atom is 0.248 e. The average molecular weight is 235 g/mol. The van der Waals surface area contributed by atoms with Gasteiger partial charge in [0, 0.05) is 6.54 Å². The van der Waals surface area contributed by atoms with E-state index in [0.717, 1.165) is 5.56 Å². The van der Waals surface area contributed by atoms with Crippen LogP contribution in [-0.2, 0) is 20.9 Å². The largest absolute Gasteiger partial charge is 0.374 e. The van der Waals surface area contributed by atoms with E-state index in [2.05, 4.69) is 5.32 Å². The molecule has 2 rings (SSSR count). The smallest absolute Gasteiger partial charge is 0.248 e. The molecule has 0 aromatic heterocycles. The van der Waals surface area contributed by atoms with Gasteiger partial charge in [0.05, 0.1) is 19.3 Å². The number of nitrogens with one attached hydrogen (secondary N) is 1. The van der Waals surface area contributed by atoms with Crippen LogP contribution in [-0.4, -0.2) is 31.3 Å².